The maximum Gasteiger partial charge on any atom is 0.255 e. The van der Waals surface area contributed by atoms with Gasteiger partial charge in [-0.1, -0.05) is 24.3 Å². The first kappa shape index (κ1) is 18.6. The lowest BCUT2D eigenvalue weighted by molar-refractivity contribution is 0.0946. The molecule has 4 rings (SSSR count). The Morgan fingerprint density at radius 1 is 1.03 bits per heavy atom. The van der Waals surface area contributed by atoms with Crippen LogP contribution >= 0.6 is 0 Å². The van der Waals surface area contributed by atoms with Crippen molar-refractivity contribution in [2.75, 3.05) is 7.11 Å². The van der Waals surface area contributed by atoms with E-state index in [4.69, 9.17) is 4.74 Å². The number of para-hydroxylation sites is 1. The number of methoxy groups -OCH3 is 1. The number of ether oxygens (including phenoxy) is 1. The van der Waals surface area contributed by atoms with E-state index < -0.39 is 0 Å². The number of hydrogen-bond donors (Lipinski definition) is 1. The lowest BCUT2D eigenvalue weighted by Gasteiger charge is -2.09. The Bertz CT molecular complexity index is 1200. The highest BCUT2D eigenvalue weighted by Gasteiger charge is 2.14. The summed E-state index contributed by atoms with van der Waals surface area (Å²) in [5.74, 6) is 0.824. The van der Waals surface area contributed by atoms with Gasteiger partial charge in [0.25, 0.3) is 5.91 Å². The fraction of sp³-hybridized carbons (Fsp3) is 0.182. The second-order valence-electron chi connectivity index (χ2n) is 6.79. The fourth-order valence-electron chi connectivity index (χ4n) is 3.09. The van der Waals surface area contributed by atoms with E-state index in [9.17, 15) is 4.79 Å². The molecule has 0 aliphatic carbocycles. The van der Waals surface area contributed by atoms with Crippen molar-refractivity contribution in [3.05, 3.63) is 77.1 Å². The van der Waals surface area contributed by atoms with Crippen molar-refractivity contribution in [2.24, 2.45) is 0 Å². The van der Waals surface area contributed by atoms with Gasteiger partial charge in [0.05, 0.1) is 24.9 Å². The molecule has 2 aromatic carbocycles. The van der Waals surface area contributed by atoms with Crippen molar-refractivity contribution in [1.29, 1.82) is 0 Å². The molecule has 7 heteroatoms. The number of aromatic nitrogens is 4. The molecular weight excluding hydrogens is 366 g/mol. The van der Waals surface area contributed by atoms with Gasteiger partial charge in [-0.15, -0.1) is 10.2 Å². The predicted octanol–water partition coefficient (Wildman–Crippen LogP) is 3.35. The topological polar surface area (TPSA) is 81.4 Å². The molecule has 2 aromatic heterocycles. The zero-order chi connectivity index (χ0) is 20.4. The van der Waals surface area contributed by atoms with Crippen LogP contribution in [0, 0.1) is 13.8 Å². The first-order chi connectivity index (χ1) is 14.1. The molecule has 1 amide bonds. The number of fused-ring (bicyclic) bond motifs is 1. The molecule has 1 N–H and O–H groups in total. The Hall–Kier alpha value is -3.74. The molecule has 0 bridgehead atoms. The third-order valence-electron chi connectivity index (χ3n) is 4.89. The molecule has 0 fully saturated rings. The predicted molar refractivity (Wildman–Crippen MR) is 110 cm³/mol. The highest BCUT2D eigenvalue weighted by Crippen LogP contribution is 2.21. The van der Waals surface area contributed by atoms with Crippen LogP contribution in [-0.2, 0) is 6.54 Å². The molecule has 0 saturated carbocycles. The maximum atomic E-state index is 12.5. The Balaban J connectivity index is 1.59. The van der Waals surface area contributed by atoms with Gasteiger partial charge in [-0.25, -0.2) is 0 Å². The smallest absolute Gasteiger partial charge is 0.255 e. The van der Waals surface area contributed by atoms with E-state index >= 15 is 0 Å². The number of amides is 1. The number of aryl methyl sites for hydroxylation is 2. The van der Waals surface area contributed by atoms with Crippen molar-refractivity contribution in [2.45, 2.75) is 20.4 Å². The maximum absolute atomic E-state index is 12.5. The zero-order valence-electron chi connectivity index (χ0n) is 16.5. The van der Waals surface area contributed by atoms with Crippen LogP contribution in [0.2, 0.25) is 0 Å². The van der Waals surface area contributed by atoms with Crippen molar-refractivity contribution < 1.29 is 9.53 Å². The number of nitrogens with one attached hydrogen (secondary N) is 1. The third-order valence-corrected chi connectivity index (χ3v) is 4.89. The van der Waals surface area contributed by atoms with Crippen LogP contribution in [0.3, 0.4) is 0 Å². The second-order valence-corrected chi connectivity index (χ2v) is 6.79. The summed E-state index contributed by atoms with van der Waals surface area (Å²) in [6.07, 6.45) is 0. The minimum Gasteiger partial charge on any atom is -0.496 e. The summed E-state index contributed by atoms with van der Waals surface area (Å²) in [6.45, 7) is 4.36. The van der Waals surface area contributed by atoms with Gasteiger partial charge in [0.15, 0.2) is 11.5 Å². The first-order valence-corrected chi connectivity index (χ1v) is 9.27. The second kappa shape index (κ2) is 7.71. The fourth-order valence-corrected chi connectivity index (χ4v) is 3.09. The van der Waals surface area contributed by atoms with Crippen LogP contribution in [0.4, 0.5) is 0 Å². The van der Waals surface area contributed by atoms with E-state index in [-0.39, 0.29) is 12.5 Å². The Morgan fingerprint density at radius 3 is 2.66 bits per heavy atom. The zero-order valence-corrected chi connectivity index (χ0v) is 16.5. The molecule has 0 saturated heterocycles. The quantitative estimate of drug-likeness (QED) is 0.568. The molecular formula is C22H21N5O2. The normalized spacial score (nSPS) is 10.9. The van der Waals surface area contributed by atoms with Crippen LogP contribution in [0.15, 0.2) is 54.6 Å². The third kappa shape index (κ3) is 3.67. The SMILES string of the molecule is COc1ccccc1C(=O)NCc1nnc2ccc(-c3ccc(C)c(C)c3)nn12. The summed E-state index contributed by atoms with van der Waals surface area (Å²) in [6, 6.07) is 17.1. The molecule has 0 aliphatic heterocycles. The Kier molecular flexibility index (Phi) is 4.95. The van der Waals surface area contributed by atoms with Crippen molar-refractivity contribution in [1.82, 2.24) is 25.1 Å². The van der Waals surface area contributed by atoms with Crippen molar-refractivity contribution >= 4 is 11.6 Å². The average Bonchev–Trinajstić information content (AvgIpc) is 3.16. The molecule has 146 valence electrons. The number of carbonyl (C=O) groups excluding carboxylic acids is 1. The van der Waals surface area contributed by atoms with E-state index in [1.54, 1.807) is 22.7 Å². The Labute approximate surface area is 168 Å². The lowest BCUT2D eigenvalue weighted by Crippen LogP contribution is -2.24. The number of rotatable bonds is 5. The van der Waals surface area contributed by atoms with Gasteiger partial charge in [-0.05, 0) is 55.3 Å². The molecule has 4 aromatic rings. The van der Waals surface area contributed by atoms with E-state index in [1.807, 2.05) is 24.3 Å². The van der Waals surface area contributed by atoms with Crippen LogP contribution in [0.1, 0.15) is 27.3 Å². The molecule has 0 atom stereocenters. The van der Waals surface area contributed by atoms with Gasteiger partial charge in [0.2, 0.25) is 0 Å². The number of carbonyl (C=O) groups is 1. The molecule has 0 aliphatic rings. The first-order valence-electron chi connectivity index (χ1n) is 9.27. The summed E-state index contributed by atoms with van der Waals surface area (Å²) in [4.78, 5) is 12.5. The van der Waals surface area contributed by atoms with Crippen LogP contribution in [0.25, 0.3) is 16.9 Å². The molecule has 0 unspecified atom stereocenters. The summed E-state index contributed by atoms with van der Waals surface area (Å²) < 4.78 is 6.91. The van der Waals surface area contributed by atoms with Gasteiger partial charge >= 0.3 is 0 Å². The highest BCUT2D eigenvalue weighted by molar-refractivity contribution is 5.96. The lowest BCUT2D eigenvalue weighted by atomic mass is 10.0. The Morgan fingerprint density at radius 2 is 1.86 bits per heavy atom. The van der Waals surface area contributed by atoms with Crippen molar-refractivity contribution in [3.8, 4) is 17.0 Å². The molecule has 0 radical (unpaired) electrons. The molecule has 0 spiro atoms. The van der Waals surface area contributed by atoms with Gasteiger partial charge in [0.1, 0.15) is 5.75 Å². The highest BCUT2D eigenvalue weighted by atomic mass is 16.5. The number of hydrogen-bond acceptors (Lipinski definition) is 5. The largest absolute Gasteiger partial charge is 0.496 e. The molecule has 2 heterocycles. The van der Waals surface area contributed by atoms with E-state index in [0.717, 1.165) is 11.3 Å². The average molecular weight is 387 g/mol. The number of benzene rings is 2. The van der Waals surface area contributed by atoms with Gasteiger partial charge < -0.3 is 10.1 Å². The van der Waals surface area contributed by atoms with Crippen molar-refractivity contribution in [3.63, 3.8) is 0 Å². The van der Waals surface area contributed by atoms with Crippen LogP contribution in [0.5, 0.6) is 5.75 Å². The minimum atomic E-state index is -0.246. The van der Waals surface area contributed by atoms with Crippen LogP contribution in [-0.4, -0.2) is 32.8 Å². The van der Waals surface area contributed by atoms with Gasteiger partial charge in [-0.3, -0.25) is 4.79 Å². The summed E-state index contributed by atoms with van der Waals surface area (Å²) in [7, 11) is 1.54. The van der Waals surface area contributed by atoms with E-state index in [1.165, 1.54) is 18.2 Å². The molecule has 7 nitrogen and oxygen atoms in total. The van der Waals surface area contributed by atoms with E-state index in [2.05, 4.69) is 46.6 Å². The standard InChI is InChI=1S/C22H21N5O2/c1-14-8-9-16(12-15(14)2)18-10-11-20-24-25-21(27(20)26-18)13-23-22(28)17-6-4-5-7-19(17)29-3/h4-12H,13H2,1-3H3,(H,23,28). The van der Waals surface area contributed by atoms with E-state index in [0.29, 0.717) is 22.8 Å². The van der Waals surface area contributed by atoms with Gasteiger partial charge in [-0.2, -0.15) is 9.61 Å². The summed E-state index contributed by atoms with van der Waals surface area (Å²) in [5, 5.41) is 15.9. The summed E-state index contributed by atoms with van der Waals surface area (Å²) in [5.41, 5.74) is 5.37. The number of nitrogens with zero attached hydrogens (tertiary/aromatic N) is 4. The monoisotopic (exact) mass is 387 g/mol. The van der Waals surface area contributed by atoms with Crippen LogP contribution < -0.4 is 10.1 Å². The minimum absolute atomic E-state index is 0.196. The molecule has 29 heavy (non-hydrogen) atoms. The summed E-state index contributed by atoms with van der Waals surface area (Å²) >= 11 is 0. The van der Waals surface area contributed by atoms with Gasteiger partial charge in [0, 0.05) is 5.56 Å².